The van der Waals surface area contributed by atoms with Gasteiger partial charge in [0.05, 0.1) is 5.69 Å². The highest BCUT2D eigenvalue weighted by Crippen LogP contribution is 2.17. The van der Waals surface area contributed by atoms with Crippen molar-refractivity contribution in [3.05, 3.63) is 41.3 Å². The summed E-state index contributed by atoms with van der Waals surface area (Å²) in [6.45, 7) is 2.08. The molecule has 1 N–H and O–H groups in total. The van der Waals surface area contributed by atoms with Crippen molar-refractivity contribution in [1.82, 2.24) is 14.5 Å². The first-order chi connectivity index (χ1) is 9.74. The maximum Gasteiger partial charge on any atom is 0.242 e. The van der Waals surface area contributed by atoms with Crippen LogP contribution in [0.15, 0.2) is 36.5 Å². The van der Waals surface area contributed by atoms with Gasteiger partial charge < -0.3 is 14.5 Å². The predicted molar refractivity (Wildman–Crippen MR) is 80.9 cm³/mol. The van der Waals surface area contributed by atoms with Gasteiger partial charge in [-0.1, -0.05) is 30.3 Å². The number of H-pyrrole nitrogens is 1. The highest BCUT2D eigenvalue weighted by atomic mass is 32.1. The minimum Gasteiger partial charge on any atom is -0.341 e. The van der Waals surface area contributed by atoms with Crippen LogP contribution in [0.3, 0.4) is 0 Å². The molecule has 1 aliphatic heterocycles. The van der Waals surface area contributed by atoms with Crippen LogP contribution in [0, 0.1) is 4.77 Å². The van der Waals surface area contributed by atoms with E-state index in [1.54, 1.807) is 0 Å². The van der Waals surface area contributed by atoms with Crippen molar-refractivity contribution in [2.24, 2.45) is 0 Å². The van der Waals surface area contributed by atoms with Gasteiger partial charge in [0, 0.05) is 19.3 Å². The molecule has 1 aromatic heterocycles. The molecule has 104 valence electrons. The molecule has 1 aromatic carbocycles. The van der Waals surface area contributed by atoms with Crippen LogP contribution in [0.4, 0.5) is 0 Å². The van der Waals surface area contributed by atoms with Gasteiger partial charge in [-0.05, 0) is 30.6 Å². The van der Waals surface area contributed by atoms with E-state index in [-0.39, 0.29) is 5.91 Å². The number of rotatable bonds is 3. The number of amides is 1. The van der Waals surface area contributed by atoms with Gasteiger partial charge >= 0.3 is 0 Å². The summed E-state index contributed by atoms with van der Waals surface area (Å²) in [6.07, 6.45) is 4.14. The summed E-state index contributed by atoms with van der Waals surface area (Å²) < 4.78 is 2.41. The Kier molecular flexibility index (Phi) is 3.69. The smallest absolute Gasteiger partial charge is 0.242 e. The summed E-state index contributed by atoms with van der Waals surface area (Å²) in [5.74, 6) is 0.150. The molecular formula is C15H17N3OS. The molecule has 4 nitrogen and oxygen atoms in total. The molecule has 1 saturated heterocycles. The number of carbonyl (C=O) groups excluding carboxylic acids is 1. The van der Waals surface area contributed by atoms with Crippen molar-refractivity contribution in [2.45, 2.75) is 19.4 Å². The molecule has 2 heterocycles. The average Bonchev–Trinajstić information content (AvgIpc) is 3.10. The van der Waals surface area contributed by atoms with Gasteiger partial charge in [0.15, 0.2) is 4.77 Å². The summed E-state index contributed by atoms with van der Waals surface area (Å²) in [6, 6.07) is 9.99. The standard InChI is InChI=1S/C15H17N3OS/c19-14(17-8-4-5-9-17)11-18-10-13(16-15(18)20)12-6-2-1-3-7-12/h1-3,6-7,10H,4-5,8-9,11H2,(H,16,20). The van der Waals surface area contributed by atoms with Crippen LogP contribution < -0.4 is 0 Å². The molecule has 1 amide bonds. The van der Waals surface area contributed by atoms with Crippen LogP contribution in [0.5, 0.6) is 0 Å². The fourth-order valence-electron chi connectivity index (χ4n) is 2.53. The van der Waals surface area contributed by atoms with E-state index in [0.717, 1.165) is 37.2 Å². The lowest BCUT2D eigenvalue weighted by Crippen LogP contribution is -2.30. The summed E-state index contributed by atoms with van der Waals surface area (Å²) in [5.41, 5.74) is 2.02. The Labute approximate surface area is 123 Å². The first-order valence-corrected chi connectivity index (χ1v) is 7.27. The Balaban J connectivity index is 1.79. The molecular weight excluding hydrogens is 270 g/mol. The molecule has 5 heteroatoms. The van der Waals surface area contributed by atoms with Crippen molar-refractivity contribution < 1.29 is 4.79 Å². The van der Waals surface area contributed by atoms with Gasteiger partial charge in [-0.3, -0.25) is 4.79 Å². The minimum atomic E-state index is 0.150. The lowest BCUT2D eigenvalue weighted by atomic mass is 10.2. The summed E-state index contributed by atoms with van der Waals surface area (Å²) >= 11 is 5.30. The Morgan fingerprint density at radius 3 is 2.60 bits per heavy atom. The number of benzene rings is 1. The van der Waals surface area contributed by atoms with Gasteiger partial charge in [0.25, 0.3) is 0 Å². The molecule has 0 unspecified atom stereocenters. The van der Waals surface area contributed by atoms with Gasteiger partial charge in [-0.15, -0.1) is 0 Å². The first kappa shape index (κ1) is 13.1. The Bertz CT molecular complexity index is 653. The second kappa shape index (κ2) is 5.63. The fraction of sp³-hybridized carbons (Fsp3) is 0.333. The molecule has 1 aliphatic rings. The number of imidazole rings is 1. The number of carbonyl (C=O) groups is 1. The zero-order chi connectivity index (χ0) is 13.9. The van der Waals surface area contributed by atoms with Crippen LogP contribution in [0.25, 0.3) is 11.3 Å². The van der Waals surface area contributed by atoms with E-state index in [0.29, 0.717) is 11.3 Å². The number of likely N-dealkylation sites (tertiary alicyclic amines) is 1. The summed E-state index contributed by atoms with van der Waals surface area (Å²) in [4.78, 5) is 17.2. The van der Waals surface area contributed by atoms with Crippen LogP contribution in [0.1, 0.15) is 12.8 Å². The van der Waals surface area contributed by atoms with Crippen molar-refractivity contribution in [3.8, 4) is 11.3 Å². The van der Waals surface area contributed by atoms with Gasteiger partial charge in [-0.25, -0.2) is 0 Å². The zero-order valence-corrected chi connectivity index (χ0v) is 12.0. The van der Waals surface area contributed by atoms with E-state index in [1.165, 1.54) is 0 Å². The molecule has 0 spiro atoms. The zero-order valence-electron chi connectivity index (χ0n) is 11.2. The van der Waals surface area contributed by atoms with E-state index in [1.807, 2.05) is 46.0 Å². The van der Waals surface area contributed by atoms with Gasteiger partial charge in [-0.2, -0.15) is 0 Å². The third-order valence-electron chi connectivity index (χ3n) is 3.64. The third-order valence-corrected chi connectivity index (χ3v) is 3.97. The second-order valence-electron chi connectivity index (χ2n) is 5.05. The number of nitrogens with zero attached hydrogens (tertiary/aromatic N) is 2. The highest BCUT2D eigenvalue weighted by molar-refractivity contribution is 7.71. The molecule has 0 radical (unpaired) electrons. The van der Waals surface area contributed by atoms with Crippen molar-refractivity contribution in [1.29, 1.82) is 0 Å². The molecule has 20 heavy (non-hydrogen) atoms. The quantitative estimate of drug-likeness (QED) is 0.882. The first-order valence-electron chi connectivity index (χ1n) is 6.87. The Hall–Kier alpha value is -1.88. The molecule has 3 rings (SSSR count). The number of nitrogens with one attached hydrogen (secondary N) is 1. The minimum absolute atomic E-state index is 0.150. The van der Waals surface area contributed by atoms with Gasteiger partial charge in [0.1, 0.15) is 6.54 Å². The second-order valence-corrected chi connectivity index (χ2v) is 5.44. The van der Waals surface area contributed by atoms with E-state index >= 15 is 0 Å². The SMILES string of the molecule is O=C(Cn1cc(-c2ccccc2)[nH]c1=S)N1CCCC1. The van der Waals surface area contributed by atoms with Crippen molar-refractivity contribution in [3.63, 3.8) is 0 Å². The molecule has 0 saturated carbocycles. The predicted octanol–water partition coefficient (Wildman–Crippen LogP) is 2.84. The number of hydrogen-bond acceptors (Lipinski definition) is 2. The number of aromatic amines is 1. The monoisotopic (exact) mass is 287 g/mol. The lowest BCUT2D eigenvalue weighted by molar-refractivity contribution is -0.130. The lowest BCUT2D eigenvalue weighted by Gasteiger charge is -2.15. The number of hydrogen-bond donors (Lipinski definition) is 1. The van der Waals surface area contributed by atoms with Crippen LogP contribution in [-0.2, 0) is 11.3 Å². The van der Waals surface area contributed by atoms with Crippen LogP contribution in [0.2, 0.25) is 0 Å². The van der Waals surface area contributed by atoms with E-state index in [2.05, 4.69) is 4.98 Å². The van der Waals surface area contributed by atoms with Crippen LogP contribution in [-0.4, -0.2) is 33.4 Å². The molecule has 0 bridgehead atoms. The van der Waals surface area contributed by atoms with E-state index in [4.69, 9.17) is 12.2 Å². The highest BCUT2D eigenvalue weighted by Gasteiger charge is 2.18. The topological polar surface area (TPSA) is 41.0 Å². The summed E-state index contributed by atoms with van der Waals surface area (Å²) in [7, 11) is 0. The number of aromatic nitrogens is 2. The van der Waals surface area contributed by atoms with E-state index in [9.17, 15) is 4.79 Å². The molecule has 2 aromatic rings. The van der Waals surface area contributed by atoms with Gasteiger partial charge in [0.2, 0.25) is 5.91 Å². The average molecular weight is 287 g/mol. The molecule has 0 aliphatic carbocycles. The van der Waals surface area contributed by atoms with Crippen LogP contribution >= 0.6 is 12.2 Å². The Morgan fingerprint density at radius 1 is 1.20 bits per heavy atom. The maximum atomic E-state index is 12.2. The van der Waals surface area contributed by atoms with Crippen molar-refractivity contribution >= 4 is 18.1 Å². The molecule has 0 atom stereocenters. The maximum absolute atomic E-state index is 12.2. The van der Waals surface area contributed by atoms with E-state index < -0.39 is 0 Å². The summed E-state index contributed by atoms with van der Waals surface area (Å²) in [5, 5.41) is 0. The third kappa shape index (κ3) is 2.67. The molecule has 1 fully saturated rings. The normalized spacial score (nSPS) is 14.7. The van der Waals surface area contributed by atoms with Crippen molar-refractivity contribution in [2.75, 3.05) is 13.1 Å². The fourth-order valence-corrected chi connectivity index (χ4v) is 2.76. The Morgan fingerprint density at radius 2 is 1.90 bits per heavy atom. The largest absolute Gasteiger partial charge is 0.341 e.